The first-order valence-corrected chi connectivity index (χ1v) is 9.87. The minimum atomic E-state index is -0.872. The van der Waals surface area contributed by atoms with Crippen LogP contribution in [0.5, 0.6) is 0 Å². The fourth-order valence-corrected chi connectivity index (χ4v) is 3.97. The van der Waals surface area contributed by atoms with Crippen LogP contribution >= 0.6 is 11.8 Å². The zero-order valence-corrected chi connectivity index (χ0v) is 16.1. The van der Waals surface area contributed by atoms with Crippen molar-refractivity contribution in [3.05, 3.63) is 84.2 Å². The summed E-state index contributed by atoms with van der Waals surface area (Å²) in [5.41, 5.74) is 2.08. The van der Waals surface area contributed by atoms with Gasteiger partial charge in [0.1, 0.15) is 11.1 Å². The molecule has 0 aliphatic carbocycles. The Morgan fingerprint density at radius 3 is 2.50 bits per heavy atom. The Hall–Kier alpha value is -3.12. The SMILES string of the molecule is CC(Sc1nnc(Cc2cccc3ccccc23)n1-c1ccccc1)C(=O)O. The molecule has 0 radical (unpaired) electrons. The van der Waals surface area contributed by atoms with E-state index in [1.807, 2.05) is 53.1 Å². The lowest BCUT2D eigenvalue weighted by atomic mass is 10.0. The van der Waals surface area contributed by atoms with E-state index in [1.165, 1.54) is 22.5 Å². The molecule has 0 amide bonds. The van der Waals surface area contributed by atoms with Crippen LogP contribution in [0.3, 0.4) is 0 Å². The maximum absolute atomic E-state index is 11.3. The minimum absolute atomic E-state index is 0.580. The van der Waals surface area contributed by atoms with Gasteiger partial charge in [-0.15, -0.1) is 10.2 Å². The molecule has 28 heavy (non-hydrogen) atoms. The van der Waals surface area contributed by atoms with E-state index in [4.69, 9.17) is 0 Å². The van der Waals surface area contributed by atoms with Gasteiger partial charge in [0, 0.05) is 12.1 Å². The van der Waals surface area contributed by atoms with Gasteiger partial charge in [-0.25, -0.2) is 0 Å². The molecule has 0 aliphatic rings. The van der Waals surface area contributed by atoms with Gasteiger partial charge in [0.2, 0.25) is 0 Å². The molecule has 1 aromatic heterocycles. The van der Waals surface area contributed by atoms with Crippen LogP contribution in [0.1, 0.15) is 18.3 Å². The van der Waals surface area contributed by atoms with Crippen LogP contribution in [0.2, 0.25) is 0 Å². The molecule has 4 rings (SSSR count). The van der Waals surface area contributed by atoms with Crippen molar-refractivity contribution >= 4 is 28.5 Å². The second kappa shape index (κ2) is 7.86. The Morgan fingerprint density at radius 1 is 1.00 bits per heavy atom. The summed E-state index contributed by atoms with van der Waals surface area (Å²) < 4.78 is 1.95. The highest BCUT2D eigenvalue weighted by Crippen LogP contribution is 2.28. The Bertz CT molecular complexity index is 1120. The minimum Gasteiger partial charge on any atom is -0.480 e. The summed E-state index contributed by atoms with van der Waals surface area (Å²) in [6.45, 7) is 1.65. The number of hydrogen-bond donors (Lipinski definition) is 1. The highest BCUT2D eigenvalue weighted by molar-refractivity contribution is 8.00. The van der Waals surface area contributed by atoms with Gasteiger partial charge in [-0.2, -0.15) is 0 Å². The molecular weight excluding hydrogens is 370 g/mol. The topological polar surface area (TPSA) is 68.0 Å². The smallest absolute Gasteiger partial charge is 0.316 e. The molecule has 4 aromatic rings. The van der Waals surface area contributed by atoms with Crippen molar-refractivity contribution in [2.75, 3.05) is 0 Å². The number of para-hydroxylation sites is 1. The predicted octanol–water partition coefficient (Wildman–Crippen LogP) is 4.58. The molecular formula is C22H19N3O2S. The zero-order chi connectivity index (χ0) is 19.5. The third-order valence-electron chi connectivity index (χ3n) is 4.57. The molecule has 3 aromatic carbocycles. The van der Waals surface area contributed by atoms with Crippen LogP contribution in [-0.2, 0) is 11.2 Å². The lowest BCUT2D eigenvalue weighted by Crippen LogP contribution is -2.13. The summed E-state index contributed by atoms with van der Waals surface area (Å²) in [4.78, 5) is 11.3. The van der Waals surface area contributed by atoms with Crippen LogP contribution in [0, 0.1) is 0 Å². The molecule has 1 heterocycles. The number of benzene rings is 3. The average molecular weight is 389 g/mol. The number of aliphatic carboxylic acids is 1. The Morgan fingerprint density at radius 2 is 1.71 bits per heavy atom. The Labute approximate surface area is 167 Å². The summed E-state index contributed by atoms with van der Waals surface area (Å²) in [6.07, 6.45) is 0.602. The van der Waals surface area contributed by atoms with Crippen LogP contribution in [0.15, 0.2) is 78.0 Å². The van der Waals surface area contributed by atoms with Gasteiger partial charge in [-0.1, -0.05) is 72.4 Å². The first-order chi connectivity index (χ1) is 13.6. The van der Waals surface area contributed by atoms with Gasteiger partial charge in [0.15, 0.2) is 5.16 Å². The molecule has 0 bridgehead atoms. The average Bonchev–Trinajstić information content (AvgIpc) is 3.11. The molecule has 1 N–H and O–H groups in total. The molecule has 0 saturated heterocycles. The Balaban J connectivity index is 1.78. The zero-order valence-electron chi connectivity index (χ0n) is 15.3. The summed E-state index contributed by atoms with van der Waals surface area (Å²) in [5.74, 6) is -0.0918. The van der Waals surface area contributed by atoms with Crippen molar-refractivity contribution in [2.45, 2.75) is 23.8 Å². The largest absolute Gasteiger partial charge is 0.480 e. The van der Waals surface area contributed by atoms with Gasteiger partial charge in [0.25, 0.3) is 0 Å². The number of aromatic nitrogens is 3. The number of rotatable bonds is 6. The van der Waals surface area contributed by atoms with Crippen molar-refractivity contribution in [3.8, 4) is 5.69 Å². The molecule has 6 heteroatoms. The number of carbonyl (C=O) groups is 1. The van der Waals surface area contributed by atoms with Crippen molar-refractivity contribution in [1.29, 1.82) is 0 Å². The number of carboxylic acid groups (broad SMARTS) is 1. The van der Waals surface area contributed by atoms with Gasteiger partial charge >= 0.3 is 5.97 Å². The standard InChI is InChI=1S/C22H19N3O2S/c1-15(21(26)27)28-22-24-23-20(25(22)18-11-3-2-4-12-18)14-17-10-7-9-16-8-5-6-13-19(16)17/h2-13,15H,14H2,1H3,(H,26,27). The van der Waals surface area contributed by atoms with Gasteiger partial charge in [-0.3, -0.25) is 9.36 Å². The van der Waals surface area contributed by atoms with Crippen molar-refractivity contribution in [2.24, 2.45) is 0 Å². The van der Waals surface area contributed by atoms with Crippen molar-refractivity contribution in [1.82, 2.24) is 14.8 Å². The molecule has 1 atom stereocenters. The second-order valence-corrected chi connectivity index (χ2v) is 7.79. The number of thioether (sulfide) groups is 1. The third kappa shape index (κ3) is 3.64. The van der Waals surface area contributed by atoms with E-state index >= 15 is 0 Å². The lowest BCUT2D eigenvalue weighted by Gasteiger charge is -2.12. The maximum Gasteiger partial charge on any atom is 0.316 e. The van der Waals surface area contributed by atoms with E-state index in [0.29, 0.717) is 11.6 Å². The van der Waals surface area contributed by atoms with E-state index in [-0.39, 0.29) is 0 Å². The van der Waals surface area contributed by atoms with Crippen molar-refractivity contribution < 1.29 is 9.90 Å². The second-order valence-electron chi connectivity index (χ2n) is 6.48. The highest BCUT2D eigenvalue weighted by Gasteiger charge is 2.21. The highest BCUT2D eigenvalue weighted by atomic mass is 32.2. The lowest BCUT2D eigenvalue weighted by molar-refractivity contribution is -0.136. The molecule has 0 spiro atoms. The molecule has 0 fully saturated rings. The van der Waals surface area contributed by atoms with E-state index in [2.05, 4.69) is 34.5 Å². The van der Waals surface area contributed by atoms with E-state index < -0.39 is 11.2 Å². The van der Waals surface area contributed by atoms with Gasteiger partial charge < -0.3 is 5.11 Å². The summed E-state index contributed by atoms with van der Waals surface area (Å²) in [7, 11) is 0. The van der Waals surface area contributed by atoms with Crippen LogP contribution < -0.4 is 0 Å². The maximum atomic E-state index is 11.3. The molecule has 1 unspecified atom stereocenters. The number of fused-ring (bicyclic) bond motifs is 1. The summed E-state index contributed by atoms with van der Waals surface area (Å²) in [6, 6.07) is 24.3. The quantitative estimate of drug-likeness (QED) is 0.489. The first-order valence-electron chi connectivity index (χ1n) is 8.99. The van der Waals surface area contributed by atoms with Crippen LogP contribution in [0.25, 0.3) is 16.5 Å². The summed E-state index contributed by atoms with van der Waals surface area (Å²) in [5, 5.41) is 20.3. The molecule has 5 nitrogen and oxygen atoms in total. The van der Waals surface area contributed by atoms with Crippen LogP contribution in [-0.4, -0.2) is 31.1 Å². The molecule has 0 saturated carbocycles. The van der Waals surface area contributed by atoms with Gasteiger partial charge in [-0.05, 0) is 35.4 Å². The van der Waals surface area contributed by atoms with Gasteiger partial charge in [0.05, 0.1) is 0 Å². The van der Waals surface area contributed by atoms with E-state index in [9.17, 15) is 9.90 Å². The van der Waals surface area contributed by atoms with E-state index in [1.54, 1.807) is 6.92 Å². The fourth-order valence-electron chi connectivity index (χ4n) is 3.15. The number of hydrogen-bond acceptors (Lipinski definition) is 4. The number of carboxylic acids is 1. The molecule has 0 aliphatic heterocycles. The van der Waals surface area contributed by atoms with E-state index in [0.717, 1.165) is 17.1 Å². The normalized spacial score (nSPS) is 12.2. The van der Waals surface area contributed by atoms with Crippen LogP contribution in [0.4, 0.5) is 0 Å². The van der Waals surface area contributed by atoms with Crippen molar-refractivity contribution in [3.63, 3.8) is 0 Å². The fraction of sp³-hybridized carbons (Fsp3) is 0.136. The Kier molecular flexibility index (Phi) is 5.12. The third-order valence-corrected chi connectivity index (χ3v) is 5.60. The molecule has 140 valence electrons. The first kappa shape index (κ1) is 18.3. The predicted molar refractivity (Wildman–Crippen MR) is 111 cm³/mol. The summed E-state index contributed by atoms with van der Waals surface area (Å²) >= 11 is 1.20. The number of nitrogens with zero attached hydrogens (tertiary/aromatic N) is 3. The monoisotopic (exact) mass is 389 g/mol.